The van der Waals surface area contributed by atoms with Gasteiger partial charge in [-0.05, 0) is 43.2 Å². The van der Waals surface area contributed by atoms with Gasteiger partial charge in [-0.1, -0.05) is 36.4 Å². The Morgan fingerprint density at radius 3 is 2.45 bits per heavy atom. The van der Waals surface area contributed by atoms with Crippen molar-refractivity contribution in [1.29, 1.82) is 0 Å². The Balaban J connectivity index is 1.69. The maximum absolute atomic E-state index is 12.1. The summed E-state index contributed by atoms with van der Waals surface area (Å²) in [6.45, 7) is 4.76. The van der Waals surface area contributed by atoms with Gasteiger partial charge >= 0.3 is 5.97 Å². The van der Waals surface area contributed by atoms with Crippen molar-refractivity contribution in [3.8, 4) is 0 Å². The molecule has 31 heavy (non-hydrogen) atoms. The number of likely N-dealkylation sites (tertiary alicyclic amines) is 1. The third-order valence-electron chi connectivity index (χ3n) is 5.89. The molecule has 0 saturated carbocycles. The topological polar surface area (TPSA) is 116 Å². The first-order valence-electron chi connectivity index (χ1n) is 10.2. The molecule has 1 saturated heterocycles. The number of anilines is 2. The zero-order valence-electron chi connectivity index (χ0n) is 17.8. The number of carbonyl (C=O) groups is 2. The predicted octanol–water partition coefficient (Wildman–Crippen LogP) is 2.79. The number of aliphatic carboxylic acids is 1. The van der Waals surface area contributed by atoms with Crippen molar-refractivity contribution < 1.29 is 19.8 Å². The minimum Gasteiger partial charge on any atom is -0.481 e. The van der Waals surface area contributed by atoms with E-state index >= 15 is 0 Å². The Morgan fingerprint density at radius 1 is 1.16 bits per heavy atom. The summed E-state index contributed by atoms with van der Waals surface area (Å²) in [7, 11) is 0. The van der Waals surface area contributed by atoms with Crippen molar-refractivity contribution in [3.63, 3.8) is 0 Å². The van der Waals surface area contributed by atoms with Crippen molar-refractivity contribution in [1.82, 2.24) is 4.90 Å². The van der Waals surface area contributed by atoms with Gasteiger partial charge in [-0.15, -0.1) is 0 Å². The molecule has 0 bridgehead atoms. The smallest absolute Gasteiger partial charge is 0.308 e. The van der Waals surface area contributed by atoms with Gasteiger partial charge in [-0.3, -0.25) is 14.5 Å². The third-order valence-corrected chi connectivity index (χ3v) is 5.89. The zero-order valence-corrected chi connectivity index (χ0v) is 17.8. The zero-order chi connectivity index (χ0) is 22.6. The number of nitrogens with one attached hydrogen (secondary N) is 1. The van der Waals surface area contributed by atoms with Crippen LogP contribution in [-0.2, 0) is 9.59 Å². The summed E-state index contributed by atoms with van der Waals surface area (Å²) in [5.74, 6) is -1.81. The highest BCUT2D eigenvalue weighted by atomic mass is 16.4. The molecule has 1 amide bonds. The van der Waals surface area contributed by atoms with Crippen molar-refractivity contribution >= 4 is 29.3 Å². The van der Waals surface area contributed by atoms with Crippen LogP contribution in [0.2, 0.25) is 0 Å². The summed E-state index contributed by atoms with van der Waals surface area (Å²) in [6, 6.07) is 14.6. The van der Waals surface area contributed by atoms with E-state index in [1.807, 2.05) is 43.0 Å². The highest BCUT2D eigenvalue weighted by Gasteiger charge is 2.43. The number of benzene rings is 2. The molecule has 0 aliphatic carbocycles. The monoisotopic (exact) mass is 423 g/mol. The van der Waals surface area contributed by atoms with Gasteiger partial charge in [-0.25, -0.2) is 0 Å². The minimum absolute atomic E-state index is 0.0352. The molecule has 1 heterocycles. The van der Waals surface area contributed by atoms with Crippen molar-refractivity contribution in [2.75, 3.05) is 30.7 Å². The molecule has 2 aromatic carbocycles. The lowest BCUT2D eigenvalue weighted by molar-refractivity contribution is -0.141. The lowest BCUT2D eigenvalue weighted by Gasteiger charge is -2.33. The van der Waals surface area contributed by atoms with E-state index in [0.29, 0.717) is 24.5 Å². The summed E-state index contributed by atoms with van der Waals surface area (Å²) in [6.07, 6.45) is 3.13. The van der Waals surface area contributed by atoms with E-state index in [0.717, 1.165) is 11.1 Å². The number of para-hydroxylation sites is 2. The van der Waals surface area contributed by atoms with Crippen LogP contribution >= 0.6 is 0 Å². The second-order valence-corrected chi connectivity index (χ2v) is 8.50. The lowest BCUT2D eigenvalue weighted by Crippen LogP contribution is -2.45. The van der Waals surface area contributed by atoms with E-state index in [1.165, 1.54) is 6.08 Å². The number of nitrogens with zero attached hydrogens (tertiary/aromatic N) is 1. The molecule has 1 aliphatic heterocycles. The maximum atomic E-state index is 12.1. The third kappa shape index (κ3) is 5.31. The molecule has 7 nitrogen and oxygen atoms in total. The van der Waals surface area contributed by atoms with Gasteiger partial charge in [-0.2, -0.15) is 0 Å². The number of hydrogen-bond donors (Lipinski definition) is 4. The number of hydrogen-bond acceptors (Lipinski definition) is 5. The number of amides is 1. The van der Waals surface area contributed by atoms with E-state index in [9.17, 15) is 19.8 Å². The molecule has 164 valence electrons. The molecule has 0 spiro atoms. The van der Waals surface area contributed by atoms with E-state index in [-0.39, 0.29) is 18.4 Å². The number of aliphatic hydroxyl groups excluding tert-OH is 1. The molecule has 0 radical (unpaired) electrons. The van der Waals surface area contributed by atoms with Crippen LogP contribution in [0.4, 0.5) is 11.4 Å². The summed E-state index contributed by atoms with van der Waals surface area (Å²) in [5.41, 5.74) is 8.18. The summed E-state index contributed by atoms with van der Waals surface area (Å²) in [4.78, 5) is 26.0. The molecular weight excluding hydrogens is 394 g/mol. The average Bonchev–Trinajstić information content (AvgIpc) is 3.21. The van der Waals surface area contributed by atoms with Gasteiger partial charge in [0.15, 0.2) is 0 Å². The van der Waals surface area contributed by atoms with Crippen LogP contribution < -0.4 is 11.1 Å². The van der Waals surface area contributed by atoms with Crippen molar-refractivity contribution in [2.24, 2.45) is 5.92 Å². The van der Waals surface area contributed by atoms with Crippen LogP contribution in [0.3, 0.4) is 0 Å². The van der Waals surface area contributed by atoms with Crippen LogP contribution in [0.15, 0.2) is 54.6 Å². The van der Waals surface area contributed by atoms with Crippen LogP contribution in [0.5, 0.6) is 0 Å². The van der Waals surface area contributed by atoms with Crippen molar-refractivity contribution in [2.45, 2.75) is 25.3 Å². The molecule has 1 aliphatic rings. The Labute approximate surface area is 182 Å². The number of carboxylic acid groups (broad SMARTS) is 1. The maximum Gasteiger partial charge on any atom is 0.308 e. The van der Waals surface area contributed by atoms with Gasteiger partial charge in [0.25, 0.3) is 0 Å². The van der Waals surface area contributed by atoms with Crippen LogP contribution in [-0.4, -0.2) is 52.2 Å². The van der Waals surface area contributed by atoms with Gasteiger partial charge in [0.05, 0.1) is 23.9 Å². The van der Waals surface area contributed by atoms with Gasteiger partial charge in [0, 0.05) is 30.6 Å². The Kier molecular flexibility index (Phi) is 6.77. The SMILES string of the molecule is CC(C)(CO)N1C[C@H](C(=O)O)[C@@H](c2ccc(/C=C/C(=O)Nc3ccccc3N)cc2)C1. The fourth-order valence-corrected chi connectivity index (χ4v) is 3.80. The van der Waals surface area contributed by atoms with Gasteiger partial charge in [0.1, 0.15) is 0 Å². The molecule has 2 atom stereocenters. The van der Waals surface area contributed by atoms with Crippen LogP contribution in [0, 0.1) is 5.92 Å². The largest absolute Gasteiger partial charge is 0.481 e. The van der Waals surface area contributed by atoms with Crippen molar-refractivity contribution in [3.05, 3.63) is 65.7 Å². The van der Waals surface area contributed by atoms with Gasteiger partial charge < -0.3 is 21.3 Å². The first-order valence-corrected chi connectivity index (χ1v) is 10.2. The molecule has 2 aromatic rings. The minimum atomic E-state index is -0.831. The molecule has 1 fully saturated rings. The Hall–Kier alpha value is -3.16. The van der Waals surface area contributed by atoms with E-state index in [2.05, 4.69) is 5.32 Å². The molecule has 7 heteroatoms. The highest BCUT2D eigenvalue weighted by molar-refractivity contribution is 6.03. The summed E-state index contributed by atoms with van der Waals surface area (Å²) >= 11 is 0. The number of aliphatic hydroxyl groups is 1. The predicted molar refractivity (Wildman–Crippen MR) is 122 cm³/mol. The lowest BCUT2D eigenvalue weighted by atomic mass is 9.88. The standard InChI is InChI=1S/C24H29N3O4/c1-24(2,15-28)27-13-18(19(14-27)23(30)31)17-10-7-16(8-11-17)9-12-22(29)26-21-6-4-3-5-20(21)25/h3-12,18-19,28H,13-15,25H2,1-2H3,(H,26,29)(H,30,31)/b12-9+/t18-,19+/m1/s1. The quantitative estimate of drug-likeness (QED) is 0.402. The summed E-state index contributed by atoms with van der Waals surface area (Å²) in [5, 5.41) is 22.1. The molecule has 0 unspecified atom stereocenters. The number of carboxylic acids is 1. The fraction of sp³-hybridized carbons (Fsp3) is 0.333. The van der Waals surface area contributed by atoms with E-state index in [4.69, 9.17) is 5.73 Å². The number of nitrogens with two attached hydrogens (primary N) is 1. The van der Waals surface area contributed by atoms with E-state index in [1.54, 1.807) is 30.3 Å². The average molecular weight is 424 g/mol. The molecule has 5 N–H and O–H groups in total. The fourth-order valence-electron chi connectivity index (χ4n) is 3.80. The second-order valence-electron chi connectivity index (χ2n) is 8.50. The Morgan fingerprint density at radius 2 is 1.84 bits per heavy atom. The number of rotatable bonds is 7. The normalized spacial score (nSPS) is 19.6. The molecule has 0 aromatic heterocycles. The number of nitrogen functional groups attached to an aromatic ring is 1. The summed E-state index contributed by atoms with van der Waals surface area (Å²) < 4.78 is 0. The van der Waals surface area contributed by atoms with Crippen LogP contribution in [0.25, 0.3) is 6.08 Å². The second kappa shape index (κ2) is 9.32. The van der Waals surface area contributed by atoms with E-state index < -0.39 is 17.4 Å². The Bertz CT molecular complexity index is 969. The van der Waals surface area contributed by atoms with Crippen LogP contribution in [0.1, 0.15) is 30.9 Å². The molecular formula is C24H29N3O4. The number of carbonyl (C=O) groups excluding carboxylic acids is 1. The molecule has 3 rings (SSSR count). The first-order chi connectivity index (χ1) is 14.7. The first kappa shape index (κ1) is 22.5. The highest BCUT2D eigenvalue weighted by Crippen LogP contribution is 2.36. The van der Waals surface area contributed by atoms with Gasteiger partial charge in [0.2, 0.25) is 5.91 Å².